The molecular formula is C22H18N2O5. The Morgan fingerprint density at radius 2 is 1.79 bits per heavy atom. The first-order chi connectivity index (χ1) is 14.0. The number of Topliss-reactive ketones (excluding diaryl/α,β-unsaturated/α-hetero) is 1. The minimum Gasteiger partial charge on any atom is -0.497 e. The zero-order valence-electron chi connectivity index (χ0n) is 15.9. The Labute approximate surface area is 166 Å². The van der Waals surface area contributed by atoms with Gasteiger partial charge in [0.05, 0.1) is 31.0 Å². The van der Waals surface area contributed by atoms with Crippen LogP contribution in [0.15, 0.2) is 48.5 Å². The topological polar surface area (TPSA) is 91.6 Å². The first-order valence-electron chi connectivity index (χ1n) is 9.01. The minimum atomic E-state index is -1.40. The molecule has 0 aliphatic heterocycles. The zero-order chi connectivity index (χ0) is 20.5. The second kappa shape index (κ2) is 7.35. The van der Waals surface area contributed by atoms with Crippen molar-refractivity contribution in [3.05, 3.63) is 81.0 Å². The van der Waals surface area contributed by atoms with Crippen molar-refractivity contribution in [2.45, 2.75) is 12.5 Å². The van der Waals surface area contributed by atoms with Crippen molar-refractivity contribution < 1.29 is 19.2 Å². The van der Waals surface area contributed by atoms with E-state index in [1.165, 1.54) is 6.08 Å². The molecule has 1 aliphatic rings. The highest BCUT2D eigenvalue weighted by molar-refractivity contribution is 6.09. The molecule has 1 unspecified atom stereocenters. The van der Waals surface area contributed by atoms with E-state index < -0.39 is 16.7 Å². The number of hydrogen-bond acceptors (Lipinski definition) is 6. The first-order valence-corrected chi connectivity index (χ1v) is 9.01. The van der Waals surface area contributed by atoms with Gasteiger partial charge in [-0.3, -0.25) is 14.9 Å². The molecule has 29 heavy (non-hydrogen) atoms. The molecule has 1 heterocycles. The lowest BCUT2D eigenvalue weighted by atomic mass is 9.87. The molecule has 0 N–H and O–H groups in total. The molecule has 7 heteroatoms. The second-order valence-corrected chi connectivity index (χ2v) is 6.72. The number of ketones is 1. The van der Waals surface area contributed by atoms with Gasteiger partial charge in [0.1, 0.15) is 11.5 Å². The van der Waals surface area contributed by atoms with E-state index in [2.05, 4.69) is 4.98 Å². The molecule has 3 aromatic rings. The van der Waals surface area contributed by atoms with Crippen LogP contribution in [-0.4, -0.2) is 36.0 Å². The lowest BCUT2D eigenvalue weighted by Gasteiger charge is -2.19. The number of pyridine rings is 1. The van der Waals surface area contributed by atoms with Crippen LogP contribution >= 0.6 is 0 Å². The summed E-state index contributed by atoms with van der Waals surface area (Å²) in [5, 5.41) is 12.1. The number of rotatable bonds is 5. The number of carbonyl (C=O) groups excluding carboxylic acids is 1. The van der Waals surface area contributed by atoms with Gasteiger partial charge in [0, 0.05) is 16.4 Å². The van der Waals surface area contributed by atoms with Gasteiger partial charge in [0.2, 0.25) is 5.78 Å². The van der Waals surface area contributed by atoms with Crippen molar-refractivity contribution in [2.75, 3.05) is 14.2 Å². The molecule has 1 aliphatic carbocycles. The number of carbonyl (C=O) groups is 1. The summed E-state index contributed by atoms with van der Waals surface area (Å²) < 4.78 is 10.7. The number of aromatic nitrogens is 1. The molecule has 0 spiro atoms. The lowest BCUT2D eigenvalue weighted by Crippen LogP contribution is -2.31. The molecule has 7 nitrogen and oxygen atoms in total. The maximum Gasteiger partial charge on any atom is 0.293 e. The van der Waals surface area contributed by atoms with E-state index in [-0.39, 0.29) is 0 Å². The largest absolute Gasteiger partial charge is 0.497 e. The normalized spacial score (nSPS) is 15.2. The summed E-state index contributed by atoms with van der Waals surface area (Å²) in [5.74, 6) is 0.706. The van der Waals surface area contributed by atoms with E-state index in [0.717, 1.165) is 16.5 Å². The van der Waals surface area contributed by atoms with Crippen LogP contribution in [0, 0.1) is 10.1 Å². The fraction of sp³-hybridized carbons (Fsp3) is 0.182. The number of nitrogens with zero attached hydrogens (tertiary/aromatic N) is 2. The van der Waals surface area contributed by atoms with Gasteiger partial charge in [-0.2, -0.15) is 0 Å². The highest BCUT2D eigenvalue weighted by Crippen LogP contribution is 2.32. The third kappa shape index (κ3) is 3.31. The number of hydrogen-bond donors (Lipinski definition) is 0. The van der Waals surface area contributed by atoms with Crippen molar-refractivity contribution in [3.8, 4) is 11.5 Å². The summed E-state index contributed by atoms with van der Waals surface area (Å²) in [6.07, 6.45) is 3.24. The maximum absolute atomic E-state index is 13.0. The molecule has 2 aromatic carbocycles. The Morgan fingerprint density at radius 3 is 2.45 bits per heavy atom. The van der Waals surface area contributed by atoms with E-state index in [1.54, 1.807) is 26.4 Å². The van der Waals surface area contributed by atoms with E-state index >= 15 is 0 Å². The van der Waals surface area contributed by atoms with Crippen LogP contribution in [-0.2, 0) is 6.42 Å². The van der Waals surface area contributed by atoms with Crippen LogP contribution in [0.4, 0.5) is 0 Å². The molecule has 0 saturated carbocycles. The Morgan fingerprint density at radius 1 is 1.10 bits per heavy atom. The Balaban J connectivity index is 1.94. The molecule has 0 saturated heterocycles. The van der Waals surface area contributed by atoms with E-state index in [0.29, 0.717) is 34.7 Å². The van der Waals surface area contributed by atoms with Gasteiger partial charge in [0.25, 0.3) is 6.04 Å². The third-order valence-electron chi connectivity index (χ3n) is 5.00. The van der Waals surface area contributed by atoms with Crippen molar-refractivity contribution in [3.63, 3.8) is 0 Å². The number of fused-ring (bicyclic) bond motifs is 2. The summed E-state index contributed by atoms with van der Waals surface area (Å²) in [6, 6.07) is 11.6. The molecular weight excluding hydrogens is 372 g/mol. The van der Waals surface area contributed by atoms with Crippen molar-refractivity contribution >= 4 is 22.8 Å². The quantitative estimate of drug-likeness (QED) is 0.487. The van der Waals surface area contributed by atoms with Gasteiger partial charge in [-0.05, 0) is 47.9 Å². The van der Waals surface area contributed by atoms with Gasteiger partial charge in [-0.25, -0.2) is 4.98 Å². The average molecular weight is 390 g/mol. The van der Waals surface area contributed by atoms with Crippen molar-refractivity contribution in [1.29, 1.82) is 0 Å². The summed E-state index contributed by atoms with van der Waals surface area (Å²) in [6.45, 7) is 0. The molecule has 1 aromatic heterocycles. The monoisotopic (exact) mass is 390 g/mol. The molecule has 4 rings (SSSR count). The Bertz CT molecular complexity index is 1150. The van der Waals surface area contributed by atoms with Gasteiger partial charge in [0.15, 0.2) is 0 Å². The van der Waals surface area contributed by atoms with Gasteiger partial charge < -0.3 is 9.47 Å². The fourth-order valence-electron chi connectivity index (χ4n) is 3.64. The molecule has 0 bridgehead atoms. The molecule has 146 valence electrons. The number of nitro groups is 1. The summed E-state index contributed by atoms with van der Waals surface area (Å²) in [4.78, 5) is 28.3. The molecule has 0 fully saturated rings. The van der Waals surface area contributed by atoms with E-state index in [4.69, 9.17) is 9.47 Å². The second-order valence-electron chi connectivity index (χ2n) is 6.72. The number of benzene rings is 2. The van der Waals surface area contributed by atoms with Crippen LogP contribution in [0.1, 0.15) is 27.2 Å². The van der Waals surface area contributed by atoms with Gasteiger partial charge in [-0.1, -0.05) is 18.2 Å². The maximum atomic E-state index is 13.0. The smallest absolute Gasteiger partial charge is 0.293 e. The number of methoxy groups -OCH3 is 2. The minimum absolute atomic E-state index is 0.301. The number of ether oxygens (including phenoxy) is 2. The predicted molar refractivity (Wildman–Crippen MR) is 108 cm³/mol. The molecule has 1 atom stereocenters. The summed E-state index contributed by atoms with van der Waals surface area (Å²) in [7, 11) is 3.14. The van der Waals surface area contributed by atoms with Crippen LogP contribution in [0.2, 0.25) is 0 Å². The van der Waals surface area contributed by atoms with Crippen LogP contribution in [0.25, 0.3) is 17.0 Å². The summed E-state index contributed by atoms with van der Waals surface area (Å²) >= 11 is 0. The van der Waals surface area contributed by atoms with E-state index in [9.17, 15) is 14.9 Å². The van der Waals surface area contributed by atoms with Crippen LogP contribution in [0.5, 0.6) is 11.5 Å². The number of para-hydroxylation sites is 1. The van der Waals surface area contributed by atoms with Gasteiger partial charge >= 0.3 is 0 Å². The Kier molecular flexibility index (Phi) is 4.72. The Hall–Kier alpha value is -3.74. The third-order valence-corrected chi connectivity index (χ3v) is 5.00. The lowest BCUT2D eigenvalue weighted by molar-refractivity contribution is -0.492. The van der Waals surface area contributed by atoms with Crippen molar-refractivity contribution in [2.24, 2.45) is 0 Å². The predicted octanol–water partition coefficient (Wildman–Crippen LogP) is 3.70. The average Bonchev–Trinajstić information content (AvgIpc) is 2.73. The van der Waals surface area contributed by atoms with Crippen LogP contribution in [0.3, 0.4) is 0 Å². The SMILES string of the molecule is COc1cc(Cc2c3c(nc4ccccc24)C=CC([N+](=O)[O-])C3=O)cc(OC)c1. The standard InChI is InChI=1S/C22H18N2O5/c1-28-14-9-13(10-15(12-14)29-2)11-17-16-5-3-4-6-18(16)23-19-7-8-20(24(26)27)22(25)21(17)19/h3-10,12,20H,11H2,1-2H3. The van der Waals surface area contributed by atoms with Crippen LogP contribution < -0.4 is 9.47 Å². The summed E-state index contributed by atoms with van der Waals surface area (Å²) in [5.41, 5.74) is 3.06. The van der Waals surface area contributed by atoms with Crippen molar-refractivity contribution in [1.82, 2.24) is 4.98 Å². The fourth-order valence-corrected chi connectivity index (χ4v) is 3.64. The van der Waals surface area contributed by atoms with E-state index in [1.807, 2.05) is 36.4 Å². The first kappa shape index (κ1) is 18.6. The molecule has 0 amide bonds. The van der Waals surface area contributed by atoms with Gasteiger partial charge in [-0.15, -0.1) is 0 Å². The highest BCUT2D eigenvalue weighted by atomic mass is 16.6. The highest BCUT2D eigenvalue weighted by Gasteiger charge is 2.35. The zero-order valence-corrected chi connectivity index (χ0v) is 15.9. The molecule has 0 radical (unpaired) electrons.